The number of nitrogens with zero attached hydrogens (tertiary/aromatic N) is 3. The van der Waals surface area contributed by atoms with Crippen molar-refractivity contribution in [3.8, 4) is 5.75 Å². The second-order valence-electron chi connectivity index (χ2n) is 13.0. The number of allylic oxidation sites excluding steroid dienone is 2. The van der Waals surface area contributed by atoms with Gasteiger partial charge < -0.3 is 34.1 Å². The summed E-state index contributed by atoms with van der Waals surface area (Å²) in [6, 6.07) is 10.4. The number of nitro benzene ring substituents is 1. The van der Waals surface area contributed by atoms with Crippen molar-refractivity contribution in [3.05, 3.63) is 91.8 Å². The first-order valence-electron chi connectivity index (χ1n) is 15.7. The number of hydrogen-bond donors (Lipinski definition) is 1. The Kier molecular flexibility index (Phi) is 11.0. The van der Waals surface area contributed by atoms with Crippen molar-refractivity contribution in [1.82, 2.24) is 15.1 Å². The fourth-order valence-corrected chi connectivity index (χ4v) is 5.93. The Balaban J connectivity index is 1.64. The Morgan fingerprint density at radius 3 is 2.31 bits per heavy atom. The van der Waals surface area contributed by atoms with Gasteiger partial charge in [0.25, 0.3) is 5.69 Å². The minimum Gasteiger partial charge on any atom is -0.466 e. The third-order valence-electron chi connectivity index (χ3n) is 8.09. The summed E-state index contributed by atoms with van der Waals surface area (Å²) in [6.45, 7) is 8.80. The Morgan fingerprint density at radius 2 is 1.69 bits per heavy atom. The summed E-state index contributed by atoms with van der Waals surface area (Å²) < 4.78 is 22.0. The minimum absolute atomic E-state index is 0.0897. The average molecular weight is 679 g/mol. The molecule has 0 aliphatic carbocycles. The number of dihydropyridines is 1. The third-order valence-corrected chi connectivity index (χ3v) is 8.09. The lowest BCUT2D eigenvalue weighted by Crippen LogP contribution is -2.43. The monoisotopic (exact) mass is 678 g/mol. The highest BCUT2D eigenvalue weighted by Crippen LogP contribution is 2.41. The number of hydrogen-bond acceptors (Lipinski definition) is 11. The molecule has 14 heteroatoms. The molecule has 2 aromatic rings. The van der Waals surface area contributed by atoms with Gasteiger partial charge in [0.05, 0.1) is 41.7 Å². The number of ether oxygens (including phenoxy) is 4. The molecular formula is C35H42N4O10. The molecule has 2 atom stereocenters. The van der Waals surface area contributed by atoms with Gasteiger partial charge in [-0.25, -0.2) is 19.2 Å². The van der Waals surface area contributed by atoms with Gasteiger partial charge in [-0.05, 0) is 69.9 Å². The van der Waals surface area contributed by atoms with Gasteiger partial charge in [-0.15, -0.1) is 0 Å². The largest absolute Gasteiger partial charge is 0.466 e. The molecule has 0 radical (unpaired) electrons. The summed E-state index contributed by atoms with van der Waals surface area (Å²) in [4.78, 5) is 66.3. The summed E-state index contributed by atoms with van der Waals surface area (Å²) in [5, 5.41) is 14.6. The molecule has 0 spiro atoms. The highest BCUT2D eigenvalue weighted by molar-refractivity contribution is 6.00. The van der Waals surface area contributed by atoms with E-state index in [0.717, 1.165) is 11.1 Å². The predicted molar refractivity (Wildman–Crippen MR) is 178 cm³/mol. The average Bonchev–Trinajstić information content (AvgIpc) is 3.02. The smallest absolute Gasteiger partial charge is 0.414 e. The number of rotatable bonds is 8. The van der Waals surface area contributed by atoms with Crippen LogP contribution in [0.15, 0.2) is 65.0 Å². The van der Waals surface area contributed by atoms with E-state index >= 15 is 0 Å². The number of amides is 2. The van der Waals surface area contributed by atoms with Crippen molar-refractivity contribution in [2.45, 2.75) is 65.0 Å². The van der Waals surface area contributed by atoms with Crippen LogP contribution in [-0.2, 0) is 30.2 Å². The summed E-state index contributed by atoms with van der Waals surface area (Å²) in [5.74, 6) is -2.11. The molecule has 2 aromatic carbocycles. The van der Waals surface area contributed by atoms with Crippen LogP contribution in [0.4, 0.5) is 15.3 Å². The Bertz CT molecular complexity index is 1720. The predicted octanol–water partition coefficient (Wildman–Crippen LogP) is 5.53. The van der Waals surface area contributed by atoms with Crippen molar-refractivity contribution in [2.75, 3.05) is 34.4 Å². The second kappa shape index (κ2) is 14.8. The molecule has 4 rings (SSSR count). The molecule has 1 N–H and O–H groups in total. The second-order valence-corrected chi connectivity index (χ2v) is 13.0. The van der Waals surface area contributed by atoms with Crippen molar-refractivity contribution in [3.63, 3.8) is 0 Å². The standard InChI is InChI=1S/C35H42N4O10/c1-20-28(31(40)46-8)30(23-10-9-11-24(18-23)39(44)45)29(21(2)36-20)32(41)47-17-15-27-26-13-12-25(48-33(42)37(6)7)19-22(26)14-16-38(27)34(43)49-35(3,4)5/h9-13,18-19,27,30,36H,14-17H2,1-8H3. The van der Waals surface area contributed by atoms with Gasteiger partial charge in [-0.3, -0.25) is 10.1 Å². The van der Waals surface area contributed by atoms with Gasteiger partial charge in [-0.2, -0.15) is 0 Å². The van der Waals surface area contributed by atoms with E-state index in [1.165, 1.54) is 30.2 Å². The zero-order chi connectivity index (χ0) is 36.2. The number of nitro groups is 1. The number of methoxy groups -OCH3 is 1. The molecule has 2 heterocycles. The molecule has 2 amide bonds. The van der Waals surface area contributed by atoms with Crippen LogP contribution in [0, 0.1) is 10.1 Å². The topological polar surface area (TPSA) is 167 Å². The molecule has 14 nitrogen and oxygen atoms in total. The number of carbonyl (C=O) groups is 4. The van der Waals surface area contributed by atoms with Crippen molar-refractivity contribution in [2.24, 2.45) is 0 Å². The maximum atomic E-state index is 13.9. The van der Waals surface area contributed by atoms with Crippen LogP contribution in [0.5, 0.6) is 5.75 Å². The highest BCUT2D eigenvalue weighted by atomic mass is 16.6. The Labute approximate surface area is 284 Å². The molecule has 262 valence electrons. The lowest BCUT2D eigenvalue weighted by molar-refractivity contribution is -0.384. The fraction of sp³-hybridized carbons (Fsp3) is 0.429. The molecule has 0 saturated heterocycles. The maximum Gasteiger partial charge on any atom is 0.414 e. The lowest BCUT2D eigenvalue weighted by Gasteiger charge is -2.38. The summed E-state index contributed by atoms with van der Waals surface area (Å²) >= 11 is 0. The van der Waals surface area contributed by atoms with Crippen molar-refractivity contribution in [1.29, 1.82) is 0 Å². The zero-order valence-corrected chi connectivity index (χ0v) is 28.9. The summed E-state index contributed by atoms with van der Waals surface area (Å²) in [6.07, 6.45) is -0.389. The van der Waals surface area contributed by atoms with E-state index in [2.05, 4.69) is 5.32 Å². The van der Waals surface area contributed by atoms with E-state index in [-0.39, 0.29) is 29.9 Å². The number of carbonyl (C=O) groups excluding carboxylic acids is 4. The zero-order valence-electron chi connectivity index (χ0n) is 28.9. The van der Waals surface area contributed by atoms with E-state index in [9.17, 15) is 29.3 Å². The third kappa shape index (κ3) is 8.37. The minimum atomic E-state index is -1.02. The molecule has 0 aromatic heterocycles. The van der Waals surface area contributed by atoms with Gasteiger partial charge in [0, 0.05) is 50.6 Å². The van der Waals surface area contributed by atoms with E-state index in [1.807, 2.05) is 0 Å². The number of nitrogens with one attached hydrogen (secondary N) is 1. The lowest BCUT2D eigenvalue weighted by atomic mass is 9.80. The van der Waals surface area contributed by atoms with Crippen LogP contribution in [0.2, 0.25) is 0 Å². The van der Waals surface area contributed by atoms with E-state index in [4.69, 9.17) is 18.9 Å². The van der Waals surface area contributed by atoms with Crippen LogP contribution in [0.1, 0.15) is 69.7 Å². The maximum absolute atomic E-state index is 13.9. The van der Waals surface area contributed by atoms with Gasteiger partial charge >= 0.3 is 24.1 Å². The molecular weight excluding hydrogens is 636 g/mol. The van der Waals surface area contributed by atoms with Crippen LogP contribution in [-0.4, -0.2) is 78.8 Å². The Hall–Kier alpha value is -5.40. The van der Waals surface area contributed by atoms with E-state index in [0.29, 0.717) is 35.7 Å². The van der Waals surface area contributed by atoms with E-state index in [1.54, 1.807) is 77.9 Å². The molecule has 49 heavy (non-hydrogen) atoms. The SMILES string of the molecule is COC(=O)C1=C(C)NC(C)=C(C(=O)OCCC2c3ccc(OC(=O)N(C)C)cc3CCN2C(=O)OC(C)(C)C)C1c1cccc([N+](=O)[O-])c1. The van der Waals surface area contributed by atoms with Gasteiger partial charge in [0.15, 0.2) is 0 Å². The molecule has 0 saturated carbocycles. The molecule has 2 aliphatic rings. The van der Waals surface area contributed by atoms with Crippen LogP contribution in [0.3, 0.4) is 0 Å². The first-order chi connectivity index (χ1) is 23.0. The number of non-ortho nitro benzene ring substituents is 1. The molecule has 2 aliphatic heterocycles. The number of esters is 2. The van der Waals surface area contributed by atoms with Crippen LogP contribution < -0.4 is 10.1 Å². The first-order valence-corrected chi connectivity index (χ1v) is 15.7. The van der Waals surface area contributed by atoms with Gasteiger partial charge in [0.1, 0.15) is 11.4 Å². The first kappa shape index (κ1) is 36.4. The van der Waals surface area contributed by atoms with Crippen LogP contribution >= 0.6 is 0 Å². The molecule has 0 bridgehead atoms. The van der Waals surface area contributed by atoms with Crippen molar-refractivity contribution < 1.29 is 43.0 Å². The van der Waals surface area contributed by atoms with Gasteiger partial charge in [0.2, 0.25) is 0 Å². The normalized spacial score (nSPS) is 17.4. The molecule has 2 unspecified atom stereocenters. The number of fused-ring (bicyclic) bond motifs is 1. The highest BCUT2D eigenvalue weighted by Gasteiger charge is 2.39. The fourth-order valence-electron chi connectivity index (χ4n) is 5.93. The molecule has 0 fully saturated rings. The van der Waals surface area contributed by atoms with E-state index < -0.39 is 46.6 Å². The van der Waals surface area contributed by atoms with Crippen LogP contribution in [0.25, 0.3) is 0 Å². The summed E-state index contributed by atoms with van der Waals surface area (Å²) in [5.41, 5.74) is 2.07. The number of benzene rings is 2. The Morgan fingerprint density at radius 1 is 1.02 bits per heavy atom. The summed E-state index contributed by atoms with van der Waals surface area (Å²) in [7, 11) is 4.37. The van der Waals surface area contributed by atoms with Crippen molar-refractivity contribution >= 4 is 29.8 Å². The quantitative estimate of drug-likeness (QED) is 0.161. The van der Waals surface area contributed by atoms with Gasteiger partial charge in [-0.1, -0.05) is 18.2 Å².